The summed E-state index contributed by atoms with van der Waals surface area (Å²) in [7, 11) is 1.29. The number of nitrogen functional groups attached to an aromatic ring is 1. The number of anilines is 1. The summed E-state index contributed by atoms with van der Waals surface area (Å²) in [5.41, 5.74) is 7.19. The Bertz CT molecular complexity index is 676. The predicted molar refractivity (Wildman–Crippen MR) is 77.9 cm³/mol. The fraction of sp³-hybridized carbons (Fsp3) is 0.133. The van der Waals surface area contributed by atoms with Gasteiger partial charge in [-0.1, -0.05) is 17.7 Å². The van der Waals surface area contributed by atoms with Crippen LogP contribution >= 0.6 is 11.6 Å². The van der Waals surface area contributed by atoms with Gasteiger partial charge in [0.15, 0.2) is 0 Å². The van der Waals surface area contributed by atoms with Crippen LogP contribution in [-0.2, 0) is 11.3 Å². The third-order valence-electron chi connectivity index (χ3n) is 2.81. The normalized spacial score (nSPS) is 10.2. The summed E-state index contributed by atoms with van der Waals surface area (Å²) in [6.07, 6.45) is 0. The van der Waals surface area contributed by atoms with Gasteiger partial charge in [-0.15, -0.1) is 0 Å². The molecule has 6 heteroatoms. The summed E-state index contributed by atoms with van der Waals surface area (Å²) in [5, 5.41) is 0.0207. The molecule has 2 aromatic rings. The van der Waals surface area contributed by atoms with Crippen LogP contribution in [0.15, 0.2) is 36.4 Å². The number of nitrogens with two attached hydrogens (primary N) is 1. The van der Waals surface area contributed by atoms with Crippen molar-refractivity contribution in [1.82, 2.24) is 0 Å². The SMILES string of the molecule is COC(=O)c1ccc(N)c(OCc2ccc(F)c(Cl)c2)c1. The number of hydrogen-bond donors (Lipinski definition) is 1. The molecule has 0 heterocycles. The number of hydrogen-bond acceptors (Lipinski definition) is 4. The van der Waals surface area contributed by atoms with E-state index in [9.17, 15) is 9.18 Å². The summed E-state index contributed by atoms with van der Waals surface area (Å²) in [4.78, 5) is 11.5. The van der Waals surface area contributed by atoms with Crippen LogP contribution in [0.4, 0.5) is 10.1 Å². The number of carbonyl (C=O) groups excluding carboxylic acids is 1. The molecule has 2 aromatic carbocycles. The van der Waals surface area contributed by atoms with E-state index in [2.05, 4.69) is 4.74 Å². The number of benzene rings is 2. The first-order valence-corrected chi connectivity index (χ1v) is 6.43. The molecule has 0 spiro atoms. The van der Waals surface area contributed by atoms with Gasteiger partial charge in [0.05, 0.1) is 23.4 Å². The summed E-state index contributed by atoms with van der Waals surface area (Å²) in [6, 6.07) is 8.88. The molecule has 0 atom stereocenters. The molecule has 4 nitrogen and oxygen atoms in total. The van der Waals surface area contributed by atoms with Gasteiger partial charge in [-0.05, 0) is 35.9 Å². The minimum absolute atomic E-state index is 0.0207. The third-order valence-corrected chi connectivity index (χ3v) is 3.10. The van der Waals surface area contributed by atoms with Crippen molar-refractivity contribution < 1.29 is 18.7 Å². The Kier molecular flexibility index (Phi) is 4.65. The molecule has 110 valence electrons. The molecule has 0 saturated carbocycles. The van der Waals surface area contributed by atoms with Crippen molar-refractivity contribution in [3.05, 3.63) is 58.4 Å². The van der Waals surface area contributed by atoms with E-state index in [1.54, 1.807) is 18.2 Å². The van der Waals surface area contributed by atoms with E-state index in [4.69, 9.17) is 22.1 Å². The van der Waals surface area contributed by atoms with E-state index in [0.29, 0.717) is 22.6 Å². The summed E-state index contributed by atoms with van der Waals surface area (Å²) < 4.78 is 23.2. The van der Waals surface area contributed by atoms with Gasteiger partial charge >= 0.3 is 5.97 Å². The van der Waals surface area contributed by atoms with Crippen LogP contribution < -0.4 is 10.5 Å². The van der Waals surface area contributed by atoms with E-state index < -0.39 is 11.8 Å². The topological polar surface area (TPSA) is 61.5 Å². The smallest absolute Gasteiger partial charge is 0.337 e. The second-order valence-electron chi connectivity index (χ2n) is 4.28. The van der Waals surface area contributed by atoms with Gasteiger partial charge in [0.1, 0.15) is 18.2 Å². The molecule has 0 aliphatic heterocycles. The van der Waals surface area contributed by atoms with Gasteiger partial charge in [-0.2, -0.15) is 0 Å². The van der Waals surface area contributed by atoms with Crippen LogP contribution in [0, 0.1) is 5.82 Å². The zero-order valence-electron chi connectivity index (χ0n) is 11.2. The highest BCUT2D eigenvalue weighted by Gasteiger charge is 2.10. The maximum atomic E-state index is 13.1. The fourth-order valence-electron chi connectivity index (χ4n) is 1.69. The average molecular weight is 310 g/mol. The molecule has 0 radical (unpaired) electrons. The van der Waals surface area contributed by atoms with Crippen molar-refractivity contribution >= 4 is 23.3 Å². The van der Waals surface area contributed by atoms with Crippen LogP contribution in [0.1, 0.15) is 15.9 Å². The van der Waals surface area contributed by atoms with Gasteiger partial charge in [0, 0.05) is 0 Å². The molecule has 0 saturated heterocycles. The van der Waals surface area contributed by atoms with Crippen LogP contribution in [0.3, 0.4) is 0 Å². The standard InChI is InChI=1S/C15H13ClFNO3/c1-20-15(19)10-3-5-13(18)14(7-10)21-8-9-2-4-12(17)11(16)6-9/h2-7H,8,18H2,1H3. The highest BCUT2D eigenvalue weighted by molar-refractivity contribution is 6.30. The van der Waals surface area contributed by atoms with Crippen molar-refractivity contribution in [2.75, 3.05) is 12.8 Å². The maximum Gasteiger partial charge on any atom is 0.337 e. The third kappa shape index (κ3) is 3.64. The number of ether oxygens (including phenoxy) is 2. The Labute approximate surface area is 126 Å². The van der Waals surface area contributed by atoms with E-state index >= 15 is 0 Å². The predicted octanol–water partition coefficient (Wildman–Crippen LogP) is 3.43. The van der Waals surface area contributed by atoms with Gasteiger partial charge in [-0.3, -0.25) is 0 Å². The van der Waals surface area contributed by atoms with Crippen molar-refractivity contribution in [2.24, 2.45) is 0 Å². The van der Waals surface area contributed by atoms with Gasteiger partial charge in [0.2, 0.25) is 0 Å². The zero-order valence-corrected chi connectivity index (χ0v) is 12.0. The Balaban J connectivity index is 2.15. The number of halogens is 2. The van der Waals surface area contributed by atoms with Gasteiger partial charge in [-0.25, -0.2) is 9.18 Å². The number of carbonyl (C=O) groups is 1. The van der Waals surface area contributed by atoms with E-state index in [0.717, 1.165) is 0 Å². The molecule has 21 heavy (non-hydrogen) atoms. The van der Waals surface area contributed by atoms with Crippen LogP contribution in [-0.4, -0.2) is 13.1 Å². The van der Waals surface area contributed by atoms with E-state index in [1.807, 2.05) is 0 Å². The van der Waals surface area contributed by atoms with E-state index in [-0.39, 0.29) is 11.6 Å². The highest BCUT2D eigenvalue weighted by Crippen LogP contribution is 2.25. The van der Waals surface area contributed by atoms with Crippen molar-refractivity contribution in [3.8, 4) is 5.75 Å². The lowest BCUT2D eigenvalue weighted by Crippen LogP contribution is -2.04. The Morgan fingerprint density at radius 2 is 2.05 bits per heavy atom. The lowest BCUT2D eigenvalue weighted by atomic mass is 10.2. The van der Waals surface area contributed by atoms with Crippen LogP contribution in [0.25, 0.3) is 0 Å². The fourth-order valence-corrected chi connectivity index (χ4v) is 1.90. The Morgan fingerprint density at radius 3 is 2.71 bits per heavy atom. The molecular formula is C15H13ClFNO3. The monoisotopic (exact) mass is 309 g/mol. The Morgan fingerprint density at radius 1 is 1.29 bits per heavy atom. The molecule has 0 unspecified atom stereocenters. The highest BCUT2D eigenvalue weighted by atomic mass is 35.5. The molecule has 0 fully saturated rings. The second kappa shape index (κ2) is 6.45. The first-order valence-electron chi connectivity index (χ1n) is 6.06. The minimum atomic E-state index is -0.493. The molecule has 0 aromatic heterocycles. The molecule has 0 bridgehead atoms. The number of rotatable bonds is 4. The molecule has 2 N–H and O–H groups in total. The first kappa shape index (κ1) is 15.1. The quantitative estimate of drug-likeness (QED) is 0.694. The lowest BCUT2D eigenvalue weighted by molar-refractivity contribution is 0.0600. The molecule has 0 aliphatic carbocycles. The minimum Gasteiger partial charge on any atom is -0.487 e. The lowest BCUT2D eigenvalue weighted by Gasteiger charge is -2.10. The average Bonchev–Trinajstić information content (AvgIpc) is 2.49. The largest absolute Gasteiger partial charge is 0.487 e. The van der Waals surface area contributed by atoms with Crippen LogP contribution in [0.5, 0.6) is 5.75 Å². The maximum absolute atomic E-state index is 13.1. The number of methoxy groups -OCH3 is 1. The van der Waals surface area contributed by atoms with Crippen molar-refractivity contribution in [1.29, 1.82) is 0 Å². The van der Waals surface area contributed by atoms with Crippen LogP contribution in [0.2, 0.25) is 5.02 Å². The summed E-state index contributed by atoms with van der Waals surface area (Å²) >= 11 is 5.70. The Hall–Kier alpha value is -2.27. The van der Waals surface area contributed by atoms with Gasteiger partial charge < -0.3 is 15.2 Å². The van der Waals surface area contributed by atoms with Gasteiger partial charge in [0.25, 0.3) is 0 Å². The number of esters is 1. The van der Waals surface area contributed by atoms with E-state index in [1.165, 1.54) is 25.3 Å². The first-order chi connectivity index (χ1) is 10.0. The second-order valence-corrected chi connectivity index (χ2v) is 4.69. The zero-order chi connectivity index (χ0) is 15.4. The summed E-state index contributed by atoms with van der Waals surface area (Å²) in [6.45, 7) is 0.148. The van der Waals surface area contributed by atoms with Crippen molar-refractivity contribution in [2.45, 2.75) is 6.61 Å². The van der Waals surface area contributed by atoms with Crippen molar-refractivity contribution in [3.63, 3.8) is 0 Å². The molecule has 2 rings (SSSR count). The molecule has 0 amide bonds. The molecular weight excluding hydrogens is 297 g/mol. The molecule has 0 aliphatic rings. The summed E-state index contributed by atoms with van der Waals surface area (Å²) in [5.74, 6) is -0.629.